The highest BCUT2D eigenvalue weighted by Gasteiger charge is 2.25. The summed E-state index contributed by atoms with van der Waals surface area (Å²) >= 11 is 0. The predicted molar refractivity (Wildman–Crippen MR) is 107 cm³/mol. The van der Waals surface area contributed by atoms with Crippen LogP contribution in [0.25, 0.3) is 27.4 Å². The third-order valence-electron chi connectivity index (χ3n) is 5.61. The van der Waals surface area contributed by atoms with Crippen molar-refractivity contribution in [2.75, 3.05) is 0 Å². The van der Waals surface area contributed by atoms with E-state index in [1.165, 1.54) is 44.1 Å². The molecule has 1 atom stereocenters. The van der Waals surface area contributed by atoms with Crippen molar-refractivity contribution in [1.82, 2.24) is 4.57 Å². The number of allylic oxidation sites excluding steroid dienone is 2. The SMILES string of the molecule is CCn1c2ccccc2c2cccc(C3C=C(C)c4ccccc43)c21. The molecule has 1 aliphatic carbocycles. The van der Waals surface area contributed by atoms with Crippen LogP contribution >= 0.6 is 0 Å². The molecule has 0 N–H and O–H groups in total. The fourth-order valence-corrected chi connectivity index (χ4v) is 4.53. The lowest BCUT2D eigenvalue weighted by atomic mass is 9.91. The Morgan fingerprint density at radius 3 is 2.40 bits per heavy atom. The highest BCUT2D eigenvalue weighted by molar-refractivity contribution is 6.09. The average molecular weight is 323 g/mol. The van der Waals surface area contributed by atoms with E-state index in [1.54, 1.807) is 0 Å². The van der Waals surface area contributed by atoms with Gasteiger partial charge in [0.2, 0.25) is 0 Å². The summed E-state index contributed by atoms with van der Waals surface area (Å²) in [5.41, 5.74) is 8.34. The molecule has 1 aliphatic rings. The fraction of sp³-hybridized carbons (Fsp3) is 0.167. The fourth-order valence-electron chi connectivity index (χ4n) is 4.53. The number of aryl methyl sites for hydroxylation is 1. The topological polar surface area (TPSA) is 4.93 Å². The Bertz CT molecular complexity index is 1140. The third kappa shape index (κ3) is 1.96. The van der Waals surface area contributed by atoms with Gasteiger partial charge in [-0.3, -0.25) is 0 Å². The molecule has 1 aromatic heterocycles. The van der Waals surface area contributed by atoms with Crippen LogP contribution in [-0.2, 0) is 6.54 Å². The first-order chi connectivity index (χ1) is 12.3. The number of rotatable bonds is 2. The molecule has 1 heterocycles. The minimum absolute atomic E-state index is 0.342. The van der Waals surface area contributed by atoms with Gasteiger partial charge in [-0.05, 0) is 42.2 Å². The van der Waals surface area contributed by atoms with Crippen molar-refractivity contribution in [3.63, 3.8) is 0 Å². The molecule has 0 aliphatic heterocycles. The van der Waals surface area contributed by atoms with E-state index in [-0.39, 0.29) is 0 Å². The summed E-state index contributed by atoms with van der Waals surface area (Å²) in [5.74, 6) is 0.342. The average Bonchev–Trinajstić information content (AvgIpc) is 3.17. The van der Waals surface area contributed by atoms with E-state index in [0.717, 1.165) is 6.54 Å². The monoisotopic (exact) mass is 323 g/mol. The van der Waals surface area contributed by atoms with E-state index < -0.39 is 0 Å². The van der Waals surface area contributed by atoms with Crippen LogP contribution in [0.4, 0.5) is 0 Å². The maximum Gasteiger partial charge on any atom is 0.0533 e. The van der Waals surface area contributed by atoms with E-state index >= 15 is 0 Å². The zero-order valence-electron chi connectivity index (χ0n) is 14.7. The molecular weight excluding hydrogens is 302 g/mol. The molecule has 1 nitrogen and oxygen atoms in total. The first-order valence-corrected chi connectivity index (χ1v) is 9.07. The normalized spacial score (nSPS) is 16.4. The van der Waals surface area contributed by atoms with Gasteiger partial charge in [0, 0.05) is 28.8 Å². The quantitative estimate of drug-likeness (QED) is 0.404. The number of fused-ring (bicyclic) bond motifs is 4. The zero-order valence-corrected chi connectivity index (χ0v) is 14.7. The molecule has 0 saturated heterocycles. The summed E-state index contributed by atoms with van der Waals surface area (Å²) in [6, 6.07) is 24.4. The van der Waals surface area contributed by atoms with Gasteiger partial charge in [-0.15, -0.1) is 0 Å². The number of para-hydroxylation sites is 2. The second-order valence-electron chi connectivity index (χ2n) is 6.92. The molecule has 0 saturated carbocycles. The van der Waals surface area contributed by atoms with Gasteiger partial charge >= 0.3 is 0 Å². The van der Waals surface area contributed by atoms with Gasteiger partial charge in [0.1, 0.15) is 0 Å². The van der Waals surface area contributed by atoms with Crippen molar-refractivity contribution >= 4 is 27.4 Å². The standard InChI is InChI=1S/C24H21N/c1-3-25-23-14-7-6-11-19(23)20-12-8-13-21(24(20)25)22-15-16(2)17-9-4-5-10-18(17)22/h4-15,22H,3H2,1-2H3. The van der Waals surface area contributed by atoms with Crippen LogP contribution in [0.1, 0.15) is 36.5 Å². The highest BCUT2D eigenvalue weighted by atomic mass is 15.0. The number of hydrogen-bond acceptors (Lipinski definition) is 0. The van der Waals surface area contributed by atoms with Gasteiger partial charge in [0.05, 0.1) is 5.52 Å². The van der Waals surface area contributed by atoms with Gasteiger partial charge < -0.3 is 4.57 Å². The first kappa shape index (κ1) is 14.5. The van der Waals surface area contributed by atoms with Gasteiger partial charge in [-0.1, -0.05) is 66.7 Å². The van der Waals surface area contributed by atoms with Gasteiger partial charge in [-0.25, -0.2) is 0 Å². The van der Waals surface area contributed by atoms with Gasteiger partial charge in [0.15, 0.2) is 0 Å². The molecule has 4 aromatic rings. The molecular formula is C24H21N. The van der Waals surface area contributed by atoms with E-state index in [9.17, 15) is 0 Å². The molecule has 5 rings (SSSR count). The summed E-state index contributed by atoms with van der Waals surface area (Å²) < 4.78 is 2.48. The number of hydrogen-bond donors (Lipinski definition) is 0. The molecule has 0 radical (unpaired) electrons. The molecule has 0 spiro atoms. The van der Waals surface area contributed by atoms with Crippen molar-refractivity contribution in [3.8, 4) is 0 Å². The maximum atomic E-state index is 2.48. The van der Waals surface area contributed by atoms with Crippen molar-refractivity contribution in [2.24, 2.45) is 0 Å². The summed E-state index contributed by atoms with van der Waals surface area (Å²) in [6.45, 7) is 5.46. The van der Waals surface area contributed by atoms with Crippen molar-refractivity contribution < 1.29 is 0 Å². The zero-order chi connectivity index (χ0) is 17.0. The molecule has 0 amide bonds. The third-order valence-corrected chi connectivity index (χ3v) is 5.61. The van der Waals surface area contributed by atoms with Crippen LogP contribution < -0.4 is 0 Å². The second kappa shape index (κ2) is 5.35. The van der Waals surface area contributed by atoms with E-state index in [1.807, 2.05) is 0 Å². The number of benzene rings is 3. The maximum absolute atomic E-state index is 2.48. The molecule has 1 heteroatoms. The minimum Gasteiger partial charge on any atom is -0.341 e. The summed E-state index contributed by atoms with van der Waals surface area (Å²) in [4.78, 5) is 0. The summed E-state index contributed by atoms with van der Waals surface area (Å²) in [7, 11) is 0. The van der Waals surface area contributed by atoms with Crippen LogP contribution in [0, 0.1) is 0 Å². The Labute approximate surface area is 148 Å². The second-order valence-corrected chi connectivity index (χ2v) is 6.92. The van der Waals surface area contributed by atoms with E-state index in [4.69, 9.17) is 0 Å². The first-order valence-electron chi connectivity index (χ1n) is 9.07. The van der Waals surface area contributed by atoms with Gasteiger partial charge in [0.25, 0.3) is 0 Å². The Morgan fingerprint density at radius 2 is 1.52 bits per heavy atom. The van der Waals surface area contributed by atoms with Crippen LogP contribution in [0.2, 0.25) is 0 Å². The Balaban J connectivity index is 1.87. The number of nitrogens with zero attached hydrogens (tertiary/aromatic N) is 1. The minimum atomic E-state index is 0.342. The molecule has 122 valence electrons. The van der Waals surface area contributed by atoms with Crippen LogP contribution in [0.15, 0.2) is 72.8 Å². The molecule has 3 aromatic carbocycles. The smallest absolute Gasteiger partial charge is 0.0533 e. The molecule has 25 heavy (non-hydrogen) atoms. The van der Waals surface area contributed by atoms with E-state index in [0.29, 0.717) is 5.92 Å². The lowest BCUT2D eigenvalue weighted by Gasteiger charge is -2.15. The largest absolute Gasteiger partial charge is 0.341 e. The van der Waals surface area contributed by atoms with Crippen molar-refractivity contribution in [1.29, 1.82) is 0 Å². The van der Waals surface area contributed by atoms with Crippen LogP contribution in [0.3, 0.4) is 0 Å². The van der Waals surface area contributed by atoms with Crippen LogP contribution in [-0.4, -0.2) is 4.57 Å². The van der Waals surface area contributed by atoms with Gasteiger partial charge in [-0.2, -0.15) is 0 Å². The van der Waals surface area contributed by atoms with E-state index in [2.05, 4.69) is 91.2 Å². The number of aromatic nitrogens is 1. The summed E-state index contributed by atoms with van der Waals surface area (Å²) in [5, 5.41) is 2.72. The molecule has 0 fully saturated rings. The predicted octanol–water partition coefficient (Wildman–Crippen LogP) is 6.36. The molecule has 0 bridgehead atoms. The molecule has 1 unspecified atom stereocenters. The summed E-state index contributed by atoms with van der Waals surface area (Å²) in [6.07, 6.45) is 2.43. The Hall–Kier alpha value is -2.80. The van der Waals surface area contributed by atoms with Crippen molar-refractivity contribution in [3.05, 3.63) is 89.5 Å². The van der Waals surface area contributed by atoms with Crippen molar-refractivity contribution in [2.45, 2.75) is 26.3 Å². The lowest BCUT2D eigenvalue weighted by molar-refractivity contribution is 0.820. The van der Waals surface area contributed by atoms with Crippen LogP contribution in [0.5, 0.6) is 0 Å². The Morgan fingerprint density at radius 1 is 0.800 bits per heavy atom. The Kier molecular flexibility index (Phi) is 3.11. The highest BCUT2D eigenvalue weighted by Crippen LogP contribution is 2.43. The lowest BCUT2D eigenvalue weighted by Crippen LogP contribution is -2.01.